The van der Waals surface area contributed by atoms with Crippen molar-refractivity contribution in [2.75, 3.05) is 6.54 Å². The third-order valence-electron chi connectivity index (χ3n) is 6.67. The molecule has 0 amide bonds. The number of aryl methyl sites for hydroxylation is 1. The van der Waals surface area contributed by atoms with Crippen molar-refractivity contribution >= 4 is 10.0 Å². The monoisotopic (exact) mass is 445 g/mol. The van der Waals surface area contributed by atoms with Crippen LogP contribution in [0.4, 0.5) is 0 Å². The maximum atomic E-state index is 13.9. The maximum Gasteiger partial charge on any atom is 0.243 e. The molecule has 0 unspecified atom stereocenters. The van der Waals surface area contributed by atoms with E-state index in [1.165, 1.54) is 5.57 Å². The molecule has 1 fully saturated rings. The van der Waals surface area contributed by atoms with Crippen LogP contribution in [-0.2, 0) is 15.4 Å². The van der Waals surface area contributed by atoms with Crippen LogP contribution in [0.15, 0.2) is 101 Å². The molecule has 1 saturated heterocycles. The molecular formula is C28H31NO2S. The molecule has 0 aromatic heterocycles. The first-order valence-electron chi connectivity index (χ1n) is 11.2. The number of nitrogens with zero attached hydrogens (tertiary/aromatic N) is 1. The largest absolute Gasteiger partial charge is 0.243 e. The van der Waals surface area contributed by atoms with Crippen molar-refractivity contribution in [3.63, 3.8) is 0 Å². The zero-order valence-corrected chi connectivity index (χ0v) is 19.8. The molecule has 32 heavy (non-hydrogen) atoms. The van der Waals surface area contributed by atoms with E-state index in [-0.39, 0.29) is 6.04 Å². The summed E-state index contributed by atoms with van der Waals surface area (Å²) in [7, 11) is -3.66. The zero-order valence-electron chi connectivity index (χ0n) is 19.0. The SMILES string of the molecule is CC/C(C)=C/[C@H]1CC(c2ccccc2)(c2ccccc2)CN1S(=O)(=O)c1ccc(C)cc1. The van der Waals surface area contributed by atoms with Gasteiger partial charge in [0.2, 0.25) is 10.0 Å². The van der Waals surface area contributed by atoms with Crippen LogP contribution in [0.5, 0.6) is 0 Å². The summed E-state index contributed by atoms with van der Waals surface area (Å²) in [5.74, 6) is 0. The van der Waals surface area contributed by atoms with Crippen molar-refractivity contribution in [1.29, 1.82) is 0 Å². The number of rotatable bonds is 6. The molecule has 1 aliphatic heterocycles. The fraction of sp³-hybridized carbons (Fsp3) is 0.286. The van der Waals surface area contributed by atoms with E-state index >= 15 is 0 Å². The van der Waals surface area contributed by atoms with Crippen LogP contribution in [0.1, 0.15) is 43.4 Å². The first kappa shape index (κ1) is 22.5. The van der Waals surface area contributed by atoms with Crippen LogP contribution in [-0.4, -0.2) is 25.3 Å². The van der Waals surface area contributed by atoms with Crippen LogP contribution in [0, 0.1) is 6.92 Å². The summed E-state index contributed by atoms with van der Waals surface area (Å²) >= 11 is 0. The number of sulfonamides is 1. The molecule has 0 N–H and O–H groups in total. The van der Waals surface area contributed by atoms with Gasteiger partial charge in [-0.05, 0) is 49.9 Å². The quantitative estimate of drug-likeness (QED) is 0.430. The molecule has 3 nitrogen and oxygen atoms in total. The van der Waals surface area contributed by atoms with Gasteiger partial charge in [-0.3, -0.25) is 0 Å². The van der Waals surface area contributed by atoms with Gasteiger partial charge in [-0.25, -0.2) is 8.42 Å². The van der Waals surface area contributed by atoms with E-state index in [0.717, 1.165) is 23.1 Å². The highest BCUT2D eigenvalue weighted by Gasteiger charge is 2.50. The molecule has 1 heterocycles. The molecule has 1 aliphatic rings. The molecule has 1 atom stereocenters. The second kappa shape index (κ2) is 9.05. The minimum Gasteiger partial charge on any atom is -0.207 e. The summed E-state index contributed by atoms with van der Waals surface area (Å²) in [5.41, 5.74) is 4.15. The van der Waals surface area contributed by atoms with Gasteiger partial charge in [0.05, 0.1) is 4.90 Å². The normalized spacial score (nSPS) is 19.2. The summed E-state index contributed by atoms with van der Waals surface area (Å²) < 4.78 is 29.5. The van der Waals surface area contributed by atoms with Crippen LogP contribution >= 0.6 is 0 Å². The number of benzene rings is 3. The zero-order chi connectivity index (χ0) is 22.8. The first-order chi connectivity index (χ1) is 15.4. The Morgan fingerprint density at radius 3 is 1.97 bits per heavy atom. The second-order valence-corrected chi connectivity index (χ2v) is 10.7. The van der Waals surface area contributed by atoms with Crippen molar-refractivity contribution in [3.05, 3.63) is 113 Å². The predicted molar refractivity (Wildman–Crippen MR) is 131 cm³/mol. The highest BCUT2D eigenvalue weighted by Crippen LogP contribution is 2.46. The van der Waals surface area contributed by atoms with E-state index in [0.29, 0.717) is 17.9 Å². The van der Waals surface area contributed by atoms with Crippen LogP contribution in [0.3, 0.4) is 0 Å². The summed E-state index contributed by atoms with van der Waals surface area (Å²) in [6, 6.07) is 27.7. The van der Waals surface area contributed by atoms with Crippen LogP contribution in [0.25, 0.3) is 0 Å². The third-order valence-corrected chi connectivity index (χ3v) is 8.55. The fourth-order valence-electron chi connectivity index (χ4n) is 4.70. The Bertz CT molecular complexity index is 1140. The molecular weight excluding hydrogens is 414 g/mol. The number of hydrogen-bond donors (Lipinski definition) is 0. The summed E-state index contributed by atoms with van der Waals surface area (Å²) in [5, 5.41) is 0. The molecule has 4 heteroatoms. The molecule has 4 rings (SSSR count). The summed E-state index contributed by atoms with van der Waals surface area (Å²) in [4.78, 5) is 0.354. The molecule has 0 bridgehead atoms. The van der Waals surface area contributed by atoms with Crippen molar-refractivity contribution in [2.24, 2.45) is 0 Å². The van der Waals surface area contributed by atoms with Gasteiger partial charge in [0.15, 0.2) is 0 Å². The van der Waals surface area contributed by atoms with Crippen LogP contribution < -0.4 is 0 Å². The lowest BCUT2D eigenvalue weighted by Gasteiger charge is -2.30. The predicted octanol–water partition coefficient (Wildman–Crippen LogP) is 6.10. The molecule has 3 aromatic rings. The lowest BCUT2D eigenvalue weighted by Crippen LogP contribution is -2.37. The van der Waals surface area contributed by atoms with E-state index in [1.54, 1.807) is 16.4 Å². The number of hydrogen-bond acceptors (Lipinski definition) is 2. The Hall–Kier alpha value is -2.69. The van der Waals surface area contributed by atoms with Gasteiger partial charge >= 0.3 is 0 Å². The van der Waals surface area contributed by atoms with Crippen LogP contribution in [0.2, 0.25) is 0 Å². The van der Waals surface area contributed by atoms with Gasteiger partial charge in [-0.15, -0.1) is 0 Å². The van der Waals surface area contributed by atoms with Crippen molar-refractivity contribution in [3.8, 4) is 0 Å². The smallest absolute Gasteiger partial charge is 0.207 e. The van der Waals surface area contributed by atoms with E-state index in [4.69, 9.17) is 0 Å². The van der Waals surface area contributed by atoms with E-state index in [9.17, 15) is 8.42 Å². The maximum absolute atomic E-state index is 13.9. The second-order valence-electron chi connectivity index (χ2n) is 8.82. The third kappa shape index (κ3) is 4.17. The Kier molecular flexibility index (Phi) is 6.36. The minimum atomic E-state index is -3.66. The highest BCUT2D eigenvalue weighted by atomic mass is 32.2. The minimum absolute atomic E-state index is 0.207. The fourth-order valence-corrected chi connectivity index (χ4v) is 6.34. The Balaban J connectivity index is 1.88. The molecule has 0 spiro atoms. The van der Waals surface area contributed by atoms with Crippen molar-refractivity contribution in [2.45, 2.75) is 50.0 Å². The van der Waals surface area contributed by atoms with Gasteiger partial charge in [0.25, 0.3) is 0 Å². The highest BCUT2D eigenvalue weighted by molar-refractivity contribution is 7.89. The van der Waals surface area contributed by atoms with E-state index < -0.39 is 15.4 Å². The molecule has 166 valence electrons. The topological polar surface area (TPSA) is 37.4 Å². The van der Waals surface area contributed by atoms with E-state index in [1.807, 2.05) is 55.5 Å². The Morgan fingerprint density at radius 2 is 1.47 bits per heavy atom. The lowest BCUT2D eigenvalue weighted by molar-refractivity contribution is 0.422. The van der Waals surface area contributed by atoms with Gasteiger partial charge in [-0.2, -0.15) is 4.31 Å². The molecule has 0 radical (unpaired) electrons. The number of allylic oxidation sites excluding steroid dienone is 1. The Labute approximate surface area is 192 Å². The molecule has 3 aromatic carbocycles. The Morgan fingerprint density at radius 1 is 0.938 bits per heavy atom. The lowest BCUT2D eigenvalue weighted by atomic mass is 9.73. The van der Waals surface area contributed by atoms with Gasteiger partial charge in [0, 0.05) is 18.0 Å². The first-order valence-corrected chi connectivity index (χ1v) is 12.7. The van der Waals surface area contributed by atoms with Gasteiger partial charge < -0.3 is 0 Å². The van der Waals surface area contributed by atoms with E-state index in [2.05, 4.69) is 44.2 Å². The van der Waals surface area contributed by atoms with Crippen molar-refractivity contribution < 1.29 is 8.42 Å². The molecule has 0 aliphatic carbocycles. The average molecular weight is 446 g/mol. The summed E-state index contributed by atoms with van der Waals surface area (Å²) in [6.45, 7) is 6.58. The standard InChI is InChI=1S/C28H31NO2S/c1-4-22(2)19-26-20-28(24-11-7-5-8-12-24,25-13-9-6-10-14-25)21-29(26)32(30,31)27-17-15-23(3)16-18-27/h5-19,26H,4,20-21H2,1-3H3/b22-19+/t26-/m0/s1. The average Bonchev–Trinajstić information content (AvgIpc) is 3.21. The van der Waals surface area contributed by atoms with Gasteiger partial charge in [-0.1, -0.05) is 96.9 Å². The summed E-state index contributed by atoms with van der Waals surface area (Å²) in [6.07, 6.45) is 3.77. The van der Waals surface area contributed by atoms with Crippen molar-refractivity contribution in [1.82, 2.24) is 4.31 Å². The molecule has 0 saturated carbocycles. The van der Waals surface area contributed by atoms with Gasteiger partial charge in [0.1, 0.15) is 0 Å².